The van der Waals surface area contributed by atoms with Gasteiger partial charge in [0.05, 0.1) is 12.7 Å². The van der Waals surface area contributed by atoms with Crippen molar-refractivity contribution >= 4 is 17.1 Å². The van der Waals surface area contributed by atoms with Crippen molar-refractivity contribution in [2.45, 2.75) is 109 Å². The molecule has 2 rings (SSSR count). The summed E-state index contributed by atoms with van der Waals surface area (Å²) in [5.74, 6) is 0. The third kappa shape index (κ3) is 3.66. The minimum Gasteiger partial charge on any atom is -0.414 e. The zero-order chi connectivity index (χ0) is 19.2. The lowest BCUT2D eigenvalue weighted by atomic mass is 10.1. The van der Waals surface area contributed by atoms with Gasteiger partial charge in [-0.3, -0.25) is 0 Å². The molecule has 0 radical (unpaired) electrons. The summed E-state index contributed by atoms with van der Waals surface area (Å²) in [6.45, 7) is 19.9. The van der Waals surface area contributed by atoms with Gasteiger partial charge in [-0.25, -0.2) is 0 Å². The largest absolute Gasteiger partial charge is 0.414 e. The fraction of sp³-hybridized carbons (Fsp3) is 1.00. The van der Waals surface area contributed by atoms with Gasteiger partial charge < -0.3 is 22.8 Å². The lowest BCUT2D eigenvalue weighted by molar-refractivity contribution is -0.0362. The number of hydrogen-bond acceptors (Lipinski definition) is 5. The number of aliphatic hydroxyl groups excluding tert-OH is 1. The van der Waals surface area contributed by atoms with Gasteiger partial charge >= 0.3 is 17.1 Å². The molecule has 2 heterocycles. The first kappa shape index (κ1) is 21.5. The standard InChI is InChI=1S/C18H38O5Si2/c1-11(2)24(12(3)4)20-10-16-18(17(19)15(9)21-16)22-25(23-24,13(5)6)14(7)8/h11-19H,10H2,1-9H3/t15-,16+,17?,18-/m0/s1. The van der Waals surface area contributed by atoms with E-state index in [9.17, 15) is 5.11 Å². The van der Waals surface area contributed by atoms with Crippen molar-refractivity contribution in [1.82, 2.24) is 0 Å². The van der Waals surface area contributed by atoms with Gasteiger partial charge in [0.25, 0.3) is 0 Å². The molecule has 25 heavy (non-hydrogen) atoms. The maximum atomic E-state index is 10.6. The molecule has 2 aliphatic rings. The summed E-state index contributed by atoms with van der Waals surface area (Å²) in [6.07, 6.45) is -1.45. The Morgan fingerprint density at radius 1 is 0.840 bits per heavy atom. The van der Waals surface area contributed by atoms with Crippen LogP contribution in [-0.4, -0.2) is 53.3 Å². The molecule has 0 aromatic carbocycles. The summed E-state index contributed by atoms with van der Waals surface area (Å²) >= 11 is 0. The van der Waals surface area contributed by atoms with Crippen LogP contribution in [0.3, 0.4) is 0 Å². The van der Waals surface area contributed by atoms with Crippen LogP contribution in [0.25, 0.3) is 0 Å². The van der Waals surface area contributed by atoms with Gasteiger partial charge in [0.15, 0.2) is 0 Å². The van der Waals surface area contributed by atoms with Gasteiger partial charge in [-0.2, -0.15) is 0 Å². The van der Waals surface area contributed by atoms with E-state index in [2.05, 4.69) is 55.4 Å². The third-order valence-electron chi connectivity index (χ3n) is 5.90. The Bertz CT molecular complexity index is 439. The van der Waals surface area contributed by atoms with Crippen molar-refractivity contribution in [1.29, 1.82) is 0 Å². The molecule has 2 fully saturated rings. The predicted molar refractivity (Wildman–Crippen MR) is 104 cm³/mol. The second-order valence-electron chi connectivity index (χ2n) is 8.93. The SMILES string of the molecule is CC(C)[Si]1(C(C)C)OC[C@H]2O[C@@H](C)C(O)[C@H]2O[Si](C(C)C)(C(C)C)O1. The van der Waals surface area contributed by atoms with Crippen LogP contribution in [-0.2, 0) is 17.7 Å². The van der Waals surface area contributed by atoms with Crippen molar-refractivity contribution in [2.75, 3.05) is 6.61 Å². The maximum absolute atomic E-state index is 10.6. The molecule has 0 aromatic rings. The van der Waals surface area contributed by atoms with Crippen LogP contribution in [0.15, 0.2) is 0 Å². The second kappa shape index (κ2) is 7.69. The summed E-state index contributed by atoms with van der Waals surface area (Å²) in [6, 6.07) is 0. The predicted octanol–water partition coefficient (Wildman–Crippen LogP) is 4.09. The summed E-state index contributed by atoms with van der Waals surface area (Å²) in [4.78, 5) is 0. The summed E-state index contributed by atoms with van der Waals surface area (Å²) in [7, 11) is -5.15. The fourth-order valence-electron chi connectivity index (χ4n) is 4.34. The average molecular weight is 391 g/mol. The van der Waals surface area contributed by atoms with E-state index in [1.54, 1.807) is 0 Å². The Morgan fingerprint density at radius 2 is 1.32 bits per heavy atom. The second-order valence-corrected chi connectivity index (χ2v) is 17.8. The first-order valence-corrected chi connectivity index (χ1v) is 13.8. The molecule has 4 atom stereocenters. The van der Waals surface area contributed by atoms with E-state index in [-0.39, 0.29) is 29.4 Å². The van der Waals surface area contributed by atoms with Crippen LogP contribution in [0, 0.1) is 0 Å². The van der Waals surface area contributed by atoms with Crippen molar-refractivity contribution < 1.29 is 22.8 Å². The van der Waals surface area contributed by atoms with E-state index < -0.39 is 23.2 Å². The van der Waals surface area contributed by atoms with Crippen molar-refractivity contribution in [3.63, 3.8) is 0 Å². The van der Waals surface area contributed by atoms with Crippen LogP contribution >= 0.6 is 0 Å². The molecule has 0 aliphatic carbocycles. The quantitative estimate of drug-likeness (QED) is 0.733. The molecule has 1 unspecified atom stereocenters. The van der Waals surface area contributed by atoms with Gasteiger partial charge in [-0.05, 0) is 29.1 Å². The highest BCUT2D eigenvalue weighted by molar-refractivity contribution is 6.83. The van der Waals surface area contributed by atoms with Gasteiger partial charge in [0.2, 0.25) is 0 Å². The highest BCUT2D eigenvalue weighted by atomic mass is 28.5. The molecule has 1 N–H and O–H groups in total. The zero-order valence-electron chi connectivity index (χ0n) is 17.4. The third-order valence-corrected chi connectivity index (χ3v) is 16.2. The maximum Gasteiger partial charge on any atom is 0.335 e. The molecule has 0 amide bonds. The normalized spacial score (nSPS) is 35.3. The van der Waals surface area contributed by atoms with E-state index in [4.69, 9.17) is 17.7 Å². The van der Waals surface area contributed by atoms with E-state index in [1.165, 1.54) is 0 Å². The molecule has 0 bridgehead atoms. The molecule has 0 spiro atoms. The van der Waals surface area contributed by atoms with Crippen LogP contribution in [0.5, 0.6) is 0 Å². The smallest absolute Gasteiger partial charge is 0.335 e. The first-order valence-electron chi connectivity index (χ1n) is 9.83. The Hall–Kier alpha value is 0.234. The van der Waals surface area contributed by atoms with Gasteiger partial charge in [-0.1, -0.05) is 55.4 Å². The van der Waals surface area contributed by atoms with E-state index >= 15 is 0 Å². The number of hydrogen-bond donors (Lipinski definition) is 1. The number of ether oxygens (including phenoxy) is 1. The molecule has 0 saturated carbocycles. The van der Waals surface area contributed by atoms with Gasteiger partial charge in [-0.15, -0.1) is 0 Å². The summed E-state index contributed by atoms with van der Waals surface area (Å²) in [5.41, 5.74) is 1.17. The molecular weight excluding hydrogens is 352 g/mol. The van der Waals surface area contributed by atoms with Gasteiger partial charge in [0, 0.05) is 0 Å². The summed E-state index contributed by atoms with van der Waals surface area (Å²) < 4.78 is 26.4. The fourth-order valence-corrected chi connectivity index (χ4v) is 15.6. The van der Waals surface area contributed by atoms with Crippen molar-refractivity contribution in [3.05, 3.63) is 0 Å². The summed E-state index contributed by atoms with van der Waals surface area (Å²) in [5, 5.41) is 10.6. The lowest BCUT2D eigenvalue weighted by Gasteiger charge is -2.51. The van der Waals surface area contributed by atoms with Crippen LogP contribution in [0.2, 0.25) is 22.2 Å². The van der Waals surface area contributed by atoms with Crippen LogP contribution < -0.4 is 0 Å². The van der Waals surface area contributed by atoms with E-state index in [1.807, 2.05) is 6.92 Å². The Labute approximate surface area is 155 Å². The molecule has 5 nitrogen and oxygen atoms in total. The van der Waals surface area contributed by atoms with E-state index in [0.29, 0.717) is 17.7 Å². The van der Waals surface area contributed by atoms with Crippen LogP contribution in [0.4, 0.5) is 0 Å². The first-order chi connectivity index (χ1) is 11.5. The number of fused-ring (bicyclic) bond motifs is 1. The van der Waals surface area contributed by atoms with Crippen molar-refractivity contribution in [3.8, 4) is 0 Å². The Morgan fingerprint density at radius 3 is 1.76 bits per heavy atom. The average Bonchev–Trinajstić information content (AvgIpc) is 2.73. The topological polar surface area (TPSA) is 57.2 Å². The monoisotopic (exact) mass is 390 g/mol. The molecular formula is C18H38O5Si2. The lowest BCUT2D eigenvalue weighted by Crippen LogP contribution is -2.65. The highest BCUT2D eigenvalue weighted by Crippen LogP contribution is 2.47. The number of aliphatic hydroxyl groups is 1. The zero-order valence-corrected chi connectivity index (χ0v) is 19.4. The molecule has 148 valence electrons. The molecule has 7 heteroatoms. The minimum atomic E-state index is -2.64. The molecule has 0 aromatic heterocycles. The number of rotatable bonds is 4. The van der Waals surface area contributed by atoms with E-state index in [0.717, 1.165) is 0 Å². The molecule has 2 aliphatic heterocycles. The van der Waals surface area contributed by atoms with Crippen molar-refractivity contribution in [2.24, 2.45) is 0 Å². The molecule has 2 saturated heterocycles. The Kier molecular flexibility index (Phi) is 6.63. The highest BCUT2D eigenvalue weighted by Gasteiger charge is 2.61. The minimum absolute atomic E-state index is 0.220. The van der Waals surface area contributed by atoms with Crippen LogP contribution in [0.1, 0.15) is 62.3 Å². The Balaban J connectivity index is 2.53. The van der Waals surface area contributed by atoms with Gasteiger partial charge in [0.1, 0.15) is 18.3 Å².